The fourth-order valence-corrected chi connectivity index (χ4v) is 6.34. The van der Waals surface area contributed by atoms with E-state index in [-0.39, 0.29) is 30.4 Å². The summed E-state index contributed by atoms with van der Waals surface area (Å²) in [7, 11) is 1.57. The zero-order chi connectivity index (χ0) is 20.0. The van der Waals surface area contributed by atoms with Crippen molar-refractivity contribution >= 4 is 22.8 Å². The van der Waals surface area contributed by atoms with Crippen LogP contribution in [0.4, 0.5) is 0 Å². The molecule has 29 heavy (non-hydrogen) atoms. The number of para-hydroxylation sites is 1. The second-order valence-electron chi connectivity index (χ2n) is 9.16. The summed E-state index contributed by atoms with van der Waals surface area (Å²) >= 11 is 0. The van der Waals surface area contributed by atoms with Gasteiger partial charge in [-0.15, -0.1) is 0 Å². The standard InChI is InChI=1S/C23H27NO5/c1-27-12-18-17-4-2-3-5-19(17)29-21(18)22(26)28-13-20(25)24-23-9-14-6-15(10-23)8-16(7-14)11-23/h2-5,14-16H,6-13H2,1H3,(H,24,25). The molecule has 4 aliphatic rings. The quantitative estimate of drug-likeness (QED) is 0.750. The predicted molar refractivity (Wildman–Crippen MR) is 106 cm³/mol. The normalized spacial score (nSPS) is 29.9. The summed E-state index contributed by atoms with van der Waals surface area (Å²) in [5.74, 6) is 1.50. The summed E-state index contributed by atoms with van der Waals surface area (Å²) in [5, 5.41) is 4.05. The van der Waals surface area contributed by atoms with E-state index in [0.29, 0.717) is 11.1 Å². The molecule has 0 spiro atoms. The molecular formula is C23H27NO5. The zero-order valence-corrected chi connectivity index (χ0v) is 16.7. The molecule has 4 saturated carbocycles. The highest BCUT2D eigenvalue weighted by molar-refractivity contribution is 5.96. The molecule has 154 valence electrons. The molecular weight excluding hydrogens is 370 g/mol. The average molecular weight is 397 g/mol. The molecule has 6 nitrogen and oxygen atoms in total. The van der Waals surface area contributed by atoms with Gasteiger partial charge in [0, 0.05) is 23.6 Å². The molecule has 1 aromatic carbocycles. The number of hydrogen-bond donors (Lipinski definition) is 1. The summed E-state index contributed by atoms with van der Waals surface area (Å²) in [4.78, 5) is 25.2. The molecule has 0 radical (unpaired) electrons. The number of nitrogens with one attached hydrogen (secondary N) is 1. The molecule has 1 amide bonds. The maximum absolute atomic E-state index is 12.6. The Balaban J connectivity index is 1.25. The largest absolute Gasteiger partial charge is 0.450 e. The highest BCUT2D eigenvalue weighted by Gasteiger charge is 2.51. The van der Waals surface area contributed by atoms with E-state index < -0.39 is 5.97 Å². The highest BCUT2D eigenvalue weighted by Crippen LogP contribution is 2.55. The Morgan fingerprint density at radius 1 is 1.10 bits per heavy atom. The van der Waals surface area contributed by atoms with Crippen LogP contribution in [0.2, 0.25) is 0 Å². The van der Waals surface area contributed by atoms with Crippen molar-refractivity contribution in [2.45, 2.75) is 50.7 Å². The summed E-state index contributed by atoms with van der Waals surface area (Å²) in [5.41, 5.74) is 1.16. The molecule has 1 aromatic heterocycles. The minimum atomic E-state index is -0.631. The van der Waals surface area contributed by atoms with Gasteiger partial charge < -0.3 is 19.2 Å². The Labute approximate surface area is 169 Å². The lowest BCUT2D eigenvalue weighted by molar-refractivity contribution is -0.130. The first-order valence-electron chi connectivity index (χ1n) is 10.5. The number of ether oxygens (including phenoxy) is 2. The lowest BCUT2D eigenvalue weighted by Gasteiger charge is -2.56. The van der Waals surface area contributed by atoms with Gasteiger partial charge in [0.2, 0.25) is 5.76 Å². The third-order valence-corrected chi connectivity index (χ3v) is 6.95. The molecule has 0 aliphatic heterocycles. The van der Waals surface area contributed by atoms with Gasteiger partial charge >= 0.3 is 5.97 Å². The van der Waals surface area contributed by atoms with E-state index in [4.69, 9.17) is 13.9 Å². The summed E-state index contributed by atoms with van der Waals surface area (Å²) in [6.45, 7) is -0.0506. The van der Waals surface area contributed by atoms with Gasteiger partial charge in [0.1, 0.15) is 5.58 Å². The van der Waals surface area contributed by atoms with Gasteiger partial charge in [0.15, 0.2) is 6.61 Å². The fourth-order valence-electron chi connectivity index (χ4n) is 6.34. The monoisotopic (exact) mass is 397 g/mol. The Morgan fingerprint density at radius 2 is 1.76 bits per heavy atom. The van der Waals surface area contributed by atoms with Crippen LogP contribution in [-0.4, -0.2) is 31.1 Å². The van der Waals surface area contributed by atoms with Gasteiger partial charge in [0.25, 0.3) is 5.91 Å². The lowest BCUT2D eigenvalue weighted by atomic mass is 9.53. The van der Waals surface area contributed by atoms with Crippen LogP contribution in [0.3, 0.4) is 0 Å². The maximum Gasteiger partial charge on any atom is 0.375 e. The van der Waals surface area contributed by atoms with Crippen LogP contribution in [-0.2, 0) is 20.9 Å². The van der Waals surface area contributed by atoms with Crippen molar-refractivity contribution in [3.05, 3.63) is 35.6 Å². The van der Waals surface area contributed by atoms with Gasteiger partial charge in [-0.05, 0) is 62.3 Å². The minimum absolute atomic E-state index is 0.0845. The Bertz CT molecular complexity index is 911. The highest BCUT2D eigenvalue weighted by atomic mass is 16.5. The van der Waals surface area contributed by atoms with Crippen molar-refractivity contribution in [3.63, 3.8) is 0 Å². The second-order valence-corrected chi connectivity index (χ2v) is 9.16. The number of furan rings is 1. The number of amides is 1. The summed E-state index contributed by atoms with van der Waals surface area (Å²) < 4.78 is 16.2. The molecule has 4 bridgehead atoms. The Morgan fingerprint density at radius 3 is 2.41 bits per heavy atom. The van der Waals surface area contributed by atoms with Gasteiger partial charge in [-0.1, -0.05) is 18.2 Å². The van der Waals surface area contributed by atoms with Gasteiger partial charge in [-0.2, -0.15) is 0 Å². The van der Waals surface area contributed by atoms with Crippen molar-refractivity contribution in [1.29, 1.82) is 0 Å². The SMILES string of the molecule is COCc1c(C(=O)OCC(=O)NC23CC4CC(CC(C4)C2)C3)oc2ccccc12. The maximum atomic E-state index is 12.6. The van der Waals surface area contributed by atoms with E-state index in [0.717, 1.165) is 42.4 Å². The molecule has 0 saturated heterocycles. The van der Waals surface area contributed by atoms with Gasteiger partial charge in [-0.3, -0.25) is 4.79 Å². The molecule has 6 rings (SSSR count). The number of hydrogen-bond acceptors (Lipinski definition) is 5. The fraction of sp³-hybridized carbons (Fsp3) is 0.565. The number of fused-ring (bicyclic) bond motifs is 1. The number of carbonyl (C=O) groups excluding carboxylic acids is 2. The topological polar surface area (TPSA) is 77.8 Å². The van der Waals surface area contributed by atoms with Crippen LogP contribution in [0, 0.1) is 17.8 Å². The third-order valence-electron chi connectivity index (χ3n) is 6.95. The summed E-state index contributed by atoms with van der Waals surface area (Å²) in [6.07, 6.45) is 7.16. The van der Waals surface area contributed by atoms with Crippen LogP contribution < -0.4 is 5.32 Å². The van der Waals surface area contributed by atoms with Crippen molar-refractivity contribution in [1.82, 2.24) is 5.32 Å². The number of carbonyl (C=O) groups is 2. The van der Waals surface area contributed by atoms with Crippen molar-refractivity contribution < 1.29 is 23.5 Å². The van der Waals surface area contributed by atoms with Crippen LogP contribution >= 0.6 is 0 Å². The van der Waals surface area contributed by atoms with E-state index in [1.54, 1.807) is 13.2 Å². The number of methoxy groups -OCH3 is 1. The van der Waals surface area contributed by atoms with Crippen LogP contribution in [0.15, 0.2) is 28.7 Å². The van der Waals surface area contributed by atoms with E-state index in [9.17, 15) is 9.59 Å². The second kappa shape index (κ2) is 7.17. The molecule has 0 unspecified atom stereocenters. The third kappa shape index (κ3) is 3.44. The van der Waals surface area contributed by atoms with E-state index >= 15 is 0 Å². The smallest absolute Gasteiger partial charge is 0.375 e. The van der Waals surface area contributed by atoms with E-state index in [1.807, 2.05) is 18.2 Å². The van der Waals surface area contributed by atoms with Crippen LogP contribution in [0.5, 0.6) is 0 Å². The van der Waals surface area contributed by atoms with E-state index in [2.05, 4.69) is 5.32 Å². The van der Waals surface area contributed by atoms with Crippen molar-refractivity contribution in [2.75, 3.05) is 13.7 Å². The summed E-state index contributed by atoms with van der Waals surface area (Å²) in [6, 6.07) is 7.40. The van der Waals surface area contributed by atoms with Gasteiger partial charge in [-0.25, -0.2) is 4.79 Å². The first-order valence-corrected chi connectivity index (χ1v) is 10.5. The number of esters is 1. The Hall–Kier alpha value is -2.34. The van der Waals surface area contributed by atoms with Crippen molar-refractivity contribution in [2.24, 2.45) is 17.8 Å². The first kappa shape index (κ1) is 18.7. The van der Waals surface area contributed by atoms with E-state index in [1.165, 1.54) is 19.3 Å². The predicted octanol–water partition coefficient (Wildman–Crippen LogP) is 3.82. The van der Waals surface area contributed by atoms with Crippen LogP contribution in [0.25, 0.3) is 11.0 Å². The number of rotatable bonds is 6. The molecule has 2 aromatic rings. The first-order chi connectivity index (χ1) is 14.0. The molecule has 4 aliphatic carbocycles. The average Bonchev–Trinajstić information content (AvgIpc) is 3.04. The zero-order valence-electron chi connectivity index (χ0n) is 16.7. The lowest BCUT2D eigenvalue weighted by Crippen LogP contribution is -2.60. The molecule has 1 heterocycles. The Kier molecular flexibility index (Phi) is 4.62. The molecule has 1 N–H and O–H groups in total. The molecule has 0 atom stereocenters. The van der Waals surface area contributed by atoms with Crippen molar-refractivity contribution in [3.8, 4) is 0 Å². The molecule has 6 heteroatoms. The van der Waals surface area contributed by atoms with Gasteiger partial charge in [0.05, 0.1) is 6.61 Å². The minimum Gasteiger partial charge on any atom is -0.450 e. The van der Waals surface area contributed by atoms with Crippen LogP contribution in [0.1, 0.15) is 54.6 Å². The molecule has 4 fully saturated rings. The number of benzene rings is 1.